The fraction of sp³-hybridized carbons (Fsp3) is 0.0714. The van der Waals surface area contributed by atoms with Crippen LogP contribution >= 0.6 is 0 Å². The van der Waals surface area contributed by atoms with Crippen molar-refractivity contribution >= 4 is 21.7 Å². The van der Waals surface area contributed by atoms with Gasteiger partial charge in [-0.15, -0.1) is 13.2 Å². The number of hydrogen-bond donors (Lipinski definition) is 2. The number of benzene rings is 2. The highest BCUT2D eigenvalue weighted by Gasteiger charge is 2.34. The summed E-state index contributed by atoms with van der Waals surface area (Å²) in [7, 11) is -4.82. The molecular weight excluding hydrogens is 389 g/mol. The van der Waals surface area contributed by atoms with Gasteiger partial charge in [-0.3, -0.25) is 4.72 Å². The van der Waals surface area contributed by atoms with Crippen LogP contribution in [-0.2, 0) is 10.0 Å². The lowest BCUT2D eigenvalue weighted by Crippen LogP contribution is -2.21. The standard InChI is InChI=1S/C14H8F5NO5S/c15-8-6-9(16)10(5-7(8)13(21)22)20-26(23,24)12-4-2-1-3-11(12)25-14(17,18)19/h1-6,20H,(H,21,22). The number of carboxylic acid groups (broad SMARTS) is 1. The van der Waals surface area contributed by atoms with E-state index in [-0.39, 0.29) is 6.07 Å². The Bertz CT molecular complexity index is 959. The number of rotatable bonds is 5. The molecule has 2 aromatic carbocycles. The van der Waals surface area contributed by atoms with Crippen LogP contribution in [0.15, 0.2) is 41.3 Å². The highest BCUT2D eigenvalue weighted by Crippen LogP contribution is 2.31. The number of para-hydroxylation sites is 1. The van der Waals surface area contributed by atoms with Gasteiger partial charge in [0, 0.05) is 6.07 Å². The summed E-state index contributed by atoms with van der Waals surface area (Å²) >= 11 is 0. The van der Waals surface area contributed by atoms with Crippen molar-refractivity contribution in [2.45, 2.75) is 11.3 Å². The number of alkyl halides is 3. The van der Waals surface area contributed by atoms with E-state index in [1.807, 2.05) is 0 Å². The first-order valence-corrected chi connectivity index (χ1v) is 7.99. The van der Waals surface area contributed by atoms with Gasteiger partial charge >= 0.3 is 12.3 Å². The molecule has 2 rings (SSSR count). The molecule has 2 aromatic rings. The first-order valence-electron chi connectivity index (χ1n) is 6.50. The molecule has 2 N–H and O–H groups in total. The molecule has 0 saturated heterocycles. The Kier molecular flexibility index (Phi) is 5.07. The van der Waals surface area contributed by atoms with Crippen molar-refractivity contribution in [1.29, 1.82) is 0 Å². The molecule has 6 nitrogen and oxygen atoms in total. The first kappa shape index (κ1) is 19.4. The van der Waals surface area contributed by atoms with Crippen LogP contribution in [0.1, 0.15) is 10.4 Å². The number of sulfonamides is 1. The van der Waals surface area contributed by atoms with E-state index in [4.69, 9.17) is 5.11 Å². The molecule has 26 heavy (non-hydrogen) atoms. The van der Waals surface area contributed by atoms with Crippen LogP contribution in [0.25, 0.3) is 0 Å². The molecule has 0 saturated carbocycles. The molecule has 0 unspecified atom stereocenters. The normalized spacial score (nSPS) is 11.9. The zero-order valence-electron chi connectivity index (χ0n) is 12.3. The number of carbonyl (C=O) groups is 1. The van der Waals surface area contributed by atoms with Gasteiger partial charge in [0.15, 0.2) is 0 Å². The Hall–Kier alpha value is -2.89. The Morgan fingerprint density at radius 1 is 1.08 bits per heavy atom. The predicted molar refractivity (Wildman–Crippen MR) is 77.3 cm³/mol. The van der Waals surface area contributed by atoms with Crippen LogP contribution in [0.4, 0.5) is 27.6 Å². The lowest BCUT2D eigenvalue weighted by Gasteiger charge is -2.15. The number of aromatic carboxylic acids is 1. The smallest absolute Gasteiger partial charge is 0.478 e. The molecule has 0 atom stereocenters. The molecular formula is C14H8F5NO5S. The van der Waals surface area contributed by atoms with Gasteiger partial charge in [0.1, 0.15) is 22.3 Å². The molecule has 12 heteroatoms. The van der Waals surface area contributed by atoms with Gasteiger partial charge in [-0.05, 0) is 18.2 Å². The SMILES string of the molecule is O=C(O)c1cc(NS(=O)(=O)c2ccccc2OC(F)(F)F)c(F)cc1F. The summed E-state index contributed by atoms with van der Waals surface area (Å²) in [6.07, 6.45) is -5.19. The van der Waals surface area contributed by atoms with Crippen molar-refractivity contribution < 1.29 is 45.0 Å². The molecule has 0 radical (unpaired) electrons. The maximum Gasteiger partial charge on any atom is 0.573 e. The van der Waals surface area contributed by atoms with E-state index in [0.29, 0.717) is 12.1 Å². The molecule has 0 amide bonds. The second-order valence-electron chi connectivity index (χ2n) is 4.72. The van der Waals surface area contributed by atoms with E-state index in [2.05, 4.69) is 4.74 Å². The predicted octanol–water partition coefficient (Wildman–Crippen LogP) is 3.36. The van der Waals surface area contributed by atoms with E-state index < -0.39 is 55.9 Å². The van der Waals surface area contributed by atoms with Crippen LogP contribution in [0.2, 0.25) is 0 Å². The first-order chi connectivity index (χ1) is 11.9. The molecule has 0 fully saturated rings. The Labute approximate surface area is 142 Å². The fourth-order valence-corrected chi connectivity index (χ4v) is 3.06. The minimum Gasteiger partial charge on any atom is -0.478 e. The number of nitrogens with one attached hydrogen (secondary N) is 1. The summed E-state index contributed by atoms with van der Waals surface area (Å²) in [5.41, 5.74) is -2.01. The van der Waals surface area contributed by atoms with Crippen LogP contribution < -0.4 is 9.46 Å². The van der Waals surface area contributed by atoms with Crippen LogP contribution in [0.3, 0.4) is 0 Å². The number of ether oxygens (including phenoxy) is 1. The van der Waals surface area contributed by atoms with Crippen LogP contribution in [-0.4, -0.2) is 25.9 Å². The monoisotopic (exact) mass is 397 g/mol. The third-order valence-corrected chi connectivity index (χ3v) is 4.30. The fourth-order valence-electron chi connectivity index (χ4n) is 1.87. The summed E-state index contributed by atoms with van der Waals surface area (Å²) in [6.45, 7) is 0. The quantitative estimate of drug-likeness (QED) is 0.755. The molecule has 0 heterocycles. The summed E-state index contributed by atoms with van der Waals surface area (Å²) in [6, 6.07) is 4.11. The molecule has 0 aromatic heterocycles. The van der Waals surface area contributed by atoms with Gasteiger partial charge in [-0.2, -0.15) is 0 Å². The van der Waals surface area contributed by atoms with Crippen molar-refractivity contribution in [3.8, 4) is 5.75 Å². The third-order valence-electron chi connectivity index (χ3n) is 2.90. The Balaban J connectivity index is 2.48. The van der Waals surface area contributed by atoms with Crippen molar-refractivity contribution in [3.63, 3.8) is 0 Å². The van der Waals surface area contributed by atoms with E-state index in [1.165, 1.54) is 0 Å². The van der Waals surface area contributed by atoms with Crippen molar-refractivity contribution in [3.05, 3.63) is 53.6 Å². The van der Waals surface area contributed by atoms with Crippen molar-refractivity contribution in [2.75, 3.05) is 4.72 Å². The van der Waals surface area contributed by atoms with Gasteiger partial charge in [0.05, 0.1) is 11.3 Å². The Morgan fingerprint density at radius 3 is 2.27 bits per heavy atom. The lowest BCUT2D eigenvalue weighted by atomic mass is 10.2. The summed E-state index contributed by atoms with van der Waals surface area (Å²) < 4.78 is 93.9. The second kappa shape index (κ2) is 6.78. The highest BCUT2D eigenvalue weighted by atomic mass is 32.2. The summed E-state index contributed by atoms with van der Waals surface area (Å²) in [5.74, 6) is -5.82. The van der Waals surface area contributed by atoms with Crippen molar-refractivity contribution in [2.24, 2.45) is 0 Å². The molecule has 0 spiro atoms. The molecule has 0 aliphatic carbocycles. The maximum absolute atomic E-state index is 13.7. The zero-order chi connectivity index (χ0) is 19.7. The Morgan fingerprint density at radius 2 is 1.69 bits per heavy atom. The summed E-state index contributed by atoms with van der Waals surface area (Å²) in [4.78, 5) is 9.86. The number of hydrogen-bond acceptors (Lipinski definition) is 4. The van der Waals surface area contributed by atoms with E-state index in [0.717, 1.165) is 18.2 Å². The van der Waals surface area contributed by atoms with E-state index >= 15 is 0 Å². The number of anilines is 1. The highest BCUT2D eigenvalue weighted by molar-refractivity contribution is 7.92. The molecule has 0 aliphatic heterocycles. The van der Waals surface area contributed by atoms with E-state index in [9.17, 15) is 35.2 Å². The van der Waals surface area contributed by atoms with Crippen LogP contribution in [0.5, 0.6) is 5.75 Å². The number of carboxylic acids is 1. The van der Waals surface area contributed by atoms with Gasteiger partial charge in [-0.1, -0.05) is 12.1 Å². The van der Waals surface area contributed by atoms with Crippen molar-refractivity contribution in [1.82, 2.24) is 0 Å². The lowest BCUT2D eigenvalue weighted by molar-refractivity contribution is -0.275. The minimum atomic E-state index is -5.19. The topological polar surface area (TPSA) is 92.7 Å². The maximum atomic E-state index is 13.7. The van der Waals surface area contributed by atoms with Gasteiger partial charge in [-0.25, -0.2) is 22.0 Å². The van der Waals surface area contributed by atoms with Gasteiger partial charge < -0.3 is 9.84 Å². The largest absolute Gasteiger partial charge is 0.573 e. The molecule has 0 bridgehead atoms. The second-order valence-corrected chi connectivity index (χ2v) is 6.37. The van der Waals surface area contributed by atoms with Gasteiger partial charge in [0.2, 0.25) is 0 Å². The molecule has 0 aliphatic rings. The van der Waals surface area contributed by atoms with Crippen LogP contribution in [0, 0.1) is 11.6 Å². The van der Waals surface area contributed by atoms with E-state index in [1.54, 1.807) is 4.72 Å². The zero-order valence-corrected chi connectivity index (χ0v) is 13.2. The minimum absolute atomic E-state index is 0.124. The van der Waals surface area contributed by atoms with Gasteiger partial charge in [0.25, 0.3) is 10.0 Å². The number of halogens is 5. The summed E-state index contributed by atoms with van der Waals surface area (Å²) in [5, 5.41) is 8.78. The molecule has 140 valence electrons. The third kappa shape index (κ3) is 4.39. The average Bonchev–Trinajstić information content (AvgIpc) is 2.48. The average molecular weight is 397 g/mol.